The number of benzene rings is 1. The Bertz CT molecular complexity index is 1050. The first kappa shape index (κ1) is 23.7. The normalized spacial score (nSPS) is 25.3. The molecular formula is C23H32N4O5S. The molecule has 1 aliphatic carbocycles. The van der Waals surface area contributed by atoms with Gasteiger partial charge in [0.15, 0.2) is 0 Å². The summed E-state index contributed by atoms with van der Waals surface area (Å²) in [6.07, 6.45) is 2.76. The number of amides is 4. The average Bonchev–Trinajstić information content (AvgIpc) is 3.64. The minimum absolute atomic E-state index is 0.127. The molecule has 1 aromatic carbocycles. The highest BCUT2D eigenvalue weighted by molar-refractivity contribution is 7.89. The Morgan fingerprint density at radius 1 is 1.12 bits per heavy atom. The molecule has 2 aliphatic heterocycles. The number of rotatable bonds is 7. The second-order valence-corrected chi connectivity index (χ2v) is 11.4. The van der Waals surface area contributed by atoms with Gasteiger partial charge in [0.05, 0.1) is 4.90 Å². The van der Waals surface area contributed by atoms with Crippen LogP contribution >= 0.6 is 0 Å². The highest BCUT2D eigenvalue weighted by Gasteiger charge is 2.56. The van der Waals surface area contributed by atoms with Crippen molar-refractivity contribution in [2.45, 2.75) is 56.4 Å². The van der Waals surface area contributed by atoms with Crippen LogP contribution in [0.15, 0.2) is 29.2 Å². The summed E-state index contributed by atoms with van der Waals surface area (Å²) < 4.78 is 27.5. The molecule has 0 aromatic heterocycles. The highest BCUT2D eigenvalue weighted by atomic mass is 32.2. The molecule has 33 heavy (non-hydrogen) atoms. The fourth-order valence-electron chi connectivity index (χ4n) is 4.56. The van der Waals surface area contributed by atoms with E-state index in [9.17, 15) is 22.8 Å². The Morgan fingerprint density at radius 3 is 2.27 bits per heavy atom. The summed E-state index contributed by atoms with van der Waals surface area (Å²) in [4.78, 5) is 40.6. The van der Waals surface area contributed by atoms with E-state index in [-0.39, 0.29) is 55.4 Å². The number of carbonyl (C=O) groups is 3. The number of urea groups is 1. The minimum atomic E-state index is -3.65. The van der Waals surface area contributed by atoms with Crippen molar-refractivity contribution in [2.24, 2.45) is 5.92 Å². The van der Waals surface area contributed by atoms with Gasteiger partial charge in [-0.15, -0.1) is 0 Å². The van der Waals surface area contributed by atoms with Gasteiger partial charge in [0.25, 0.3) is 5.91 Å². The molecule has 2 saturated heterocycles. The Kier molecular flexibility index (Phi) is 6.26. The van der Waals surface area contributed by atoms with Crippen LogP contribution in [0.25, 0.3) is 0 Å². The molecule has 9 nitrogen and oxygen atoms in total. The maximum Gasteiger partial charge on any atom is 0.325 e. The van der Waals surface area contributed by atoms with E-state index in [1.165, 1.54) is 9.21 Å². The zero-order valence-electron chi connectivity index (χ0n) is 19.4. The van der Waals surface area contributed by atoms with Crippen LogP contribution in [0, 0.1) is 5.92 Å². The zero-order chi connectivity index (χ0) is 24.0. The Morgan fingerprint density at radius 2 is 1.73 bits per heavy atom. The van der Waals surface area contributed by atoms with Crippen LogP contribution in [-0.4, -0.2) is 78.6 Å². The van der Waals surface area contributed by atoms with Gasteiger partial charge in [0.2, 0.25) is 15.9 Å². The van der Waals surface area contributed by atoms with E-state index in [1.807, 2.05) is 12.1 Å². The van der Waals surface area contributed by atoms with E-state index < -0.39 is 21.6 Å². The minimum Gasteiger partial charge on any atom is -0.338 e. The van der Waals surface area contributed by atoms with Crippen molar-refractivity contribution in [3.05, 3.63) is 29.8 Å². The van der Waals surface area contributed by atoms with Crippen LogP contribution in [0.2, 0.25) is 0 Å². The van der Waals surface area contributed by atoms with E-state index >= 15 is 0 Å². The molecular weight excluding hydrogens is 444 g/mol. The van der Waals surface area contributed by atoms with Crippen LogP contribution < -0.4 is 5.32 Å². The standard InChI is InChI=1S/C23H32N4O5S/c1-4-16(2)17-5-9-19(10-6-17)33(31,32)26-13-11-25(12-14-26)20(28)15-27-21(29)23(3,18-7-8-18)24-22(27)30/h5-6,9-10,16,18H,4,7-8,11-15H2,1-3H3,(H,24,30)/t16-,23+/m1/s1. The van der Waals surface area contributed by atoms with Crippen LogP contribution in [0.1, 0.15) is 51.5 Å². The number of hydrogen-bond acceptors (Lipinski definition) is 5. The SMILES string of the molecule is CC[C@@H](C)c1ccc(S(=O)(=O)N2CCN(C(=O)CN3C(=O)N[C@@](C)(C4CC4)C3=O)CC2)cc1. The van der Waals surface area contributed by atoms with Crippen molar-refractivity contribution in [3.8, 4) is 0 Å². The van der Waals surface area contributed by atoms with Gasteiger partial charge < -0.3 is 10.2 Å². The number of nitrogens with one attached hydrogen (secondary N) is 1. The molecule has 1 aromatic rings. The summed E-state index contributed by atoms with van der Waals surface area (Å²) in [6.45, 7) is 6.35. The third-order valence-corrected chi connectivity index (χ3v) is 9.19. The fraction of sp³-hybridized carbons (Fsp3) is 0.609. The lowest BCUT2D eigenvalue weighted by molar-refractivity contribution is -0.139. The van der Waals surface area contributed by atoms with Crippen LogP contribution in [0.5, 0.6) is 0 Å². The Balaban J connectivity index is 1.35. The lowest BCUT2D eigenvalue weighted by Gasteiger charge is -2.34. The summed E-state index contributed by atoms with van der Waals surface area (Å²) >= 11 is 0. The monoisotopic (exact) mass is 476 g/mol. The van der Waals surface area contributed by atoms with Crippen molar-refractivity contribution in [1.82, 2.24) is 19.4 Å². The van der Waals surface area contributed by atoms with Gasteiger partial charge in [-0.3, -0.25) is 14.5 Å². The number of nitrogens with zero attached hydrogens (tertiary/aromatic N) is 3. The average molecular weight is 477 g/mol. The number of piperazine rings is 1. The van der Waals surface area contributed by atoms with Crippen molar-refractivity contribution in [1.29, 1.82) is 0 Å². The quantitative estimate of drug-likeness (QED) is 0.604. The van der Waals surface area contributed by atoms with E-state index in [1.54, 1.807) is 19.1 Å². The first-order chi connectivity index (χ1) is 15.6. The molecule has 0 spiro atoms. The topological polar surface area (TPSA) is 107 Å². The van der Waals surface area contributed by atoms with Gasteiger partial charge in [-0.25, -0.2) is 13.2 Å². The maximum absolute atomic E-state index is 13.0. The lowest BCUT2D eigenvalue weighted by atomic mass is 9.96. The summed E-state index contributed by atoms with van der Waals surface area (Å²) in [7, 11) is -3.65. The number of imide groups is 1. The molecule has 1 saturated carbocycles. The Hall–Kier alpha value is -2.46. The molecule has 2 atom stereocenters. The van der Waals surface area contributed by atoms with E-state index in [4.69, 9.17) is 0 Å². The molecule has 0 unspecified atom stereocenters. The van der Waals surface area contributed by atoms with E-state index in [0.717, 1.165) is 29.7 Å². The third kappa shape index (κ3) is 4.38. The van der Waals surface area contributed by atoms with Crippen LogP contribution in [0.4, 0.5) is 4.79 Å². The van der Waals surface area contributed by atoms with Crippen molar-refractivity contribution >= 4 is 27.9 Å². The van der Waals surface area contributed by atoms with Crippen molar-refractivity contribution in [3.63, 3.8) is 0 Å². The van der Waals surface area contributed by atoms with Gasteiger partial charge >= 0.3 is 6.03 Å². The molecule has 4 rings (SSSR count). The van der Waals surface area contributed by atoms with Crippen molar-refractivity contribution < 1.29 is 22.8 Å². The molecule has 3 fully saturated rings. The molecule has 1 N–H and O–H groups in total. The Labute approximate surface area is 195 Å². The lowest BCUT2D eigenvalue weighted by Crippen LogP contribution is -2.53. The summed E-state index contributed by atoms with van der Waals surface area (Å²) in [5.41, 5.74) is 0.180. The maximum atomic E-state index is 13.0. The van der Waals surface area contributed by atoms with E-state index in [2.05, 4.69) is 19.2 Å². The predicted molar refractivity (Wildman–Crippen MR) is 122 cm³/mol. The zero-order valence-corrected chi connectivity index (χ0v) is 20.2. The third-order valence-electron chi connectivity index (χ3n) is 7.28. The molecule has 0 radical (unpaired) electrons. The smallest absolute Gasteiger partial charge is 0.325 e. The highest BCUT2D eigenvalue weighted by Crippen LogP contribution is 2.42. The number of hydrogen-bond donors (Lipinski definition) is 1. The molecule has 180 valence electrons. The number of sulfonamides is 1. The second-order valence-electron chi connectivity index (χ2n) is 9.46. The van der Waals surface area contributed by atoms with Crippen LogP contribution in [0.3, 0.4) is 0 Å². The van der Waals surface area contributed by atoms with Gasteiger partial charge in [-0.05, 0) is 55.7 Å². The first-order valence-corrected chi connectivity index (χ1v) is 13.0. The van der Waals surface area contributed by atoms with Crippen LogP contribution in [-0.2, 0) is 19.6 Å². The molecule has 2 heterocycles. The predicted octanol–water partition coefficient (Wildman–Crippen LogP) is 1.75. The van der Waals surface area contributed by atoms with Gasteiger partial charge in [0.1, 0.15) is 12.1 Å². The van der Waals surface area contributed by atoms with Gasteiger partial charge in [0, 0.05) is 26.2 Å². The summed E-state index contributed by atoms with van der Waals surface area (Å²) in [5.74, 6) is -0.219. The molecule has 4 amide bonds. The second kappa shape index (κ2) is 8.72. The van der Waals surface area contributed by atoms with E-state index in [0.29, 0.717) is 5.92 Å². The van der Waals surface area contributed by atoms with Gasteiger partial charge in [-0.1, -0.05) is 26.0 Å². The summed E-state index contributed by atoms with van der Waals surface area (Å²) in [6, 6.07) is 6.46. The first-order valence-electron chi connectivity index (χ1n) is 11.6. The van der Waals surface area contributed by atoms with Crippen molar-refractivity contribution in [2.75, 3.05) is 32.7 Å². The molecule has 0 bridgehead atoms. The van der Waals surface area contributed by atoms with Gasteiger partial charge in [-0.2, -0.15) is 4.31 Å². The fourth-order valence-corrected chi connectivity index (χ4v) is 5.99. The molecule has 10 heteroatoms. The molecule has 3 aliphatic rings. The largest absolute Gasteiger partial charge is 0.338 e. The number of carbonyl (C=O) groups excluding carboxylic acids is 3. The summed E-state index contributed by atoms with van der Waals surface area (Å²) in [5, 5.41) is 2.74.